The summed E-state index contributed by atoms with van der Waals surface area (Å²) in [7, 11) is 0. The van der Waals surface area contributed by atoms with Crippen LogP contribution in [0.5, 0.6) is 0 Å². The maximum atomic E-state index is 4.63. The molecule has 0 aliphatic heterocycles. The molecule has 0 saturated heterocycles. The van der Waals surface area contributed by atoms with Crippen LogP contribution in [0.4, 0.5) is 0 Å². The van der Waals surface area contributed by atoms with Gasteiger partial charge in [0.1, 0.15) is 0 Å². The maximum Gasteiger partial charge on any atom is 0.0900 e. The predicted octanol–water partition coefficient (Wildman–Crippen LogP) is 3.85. The molecule has 2 rings (SSSR count). The first-order chi connectivity index (χ1) is 7.94. The second-order valence-corrected chi connectivity index (χ2v) is 7.20. The first-order valence-corrected chi connectivity index (χ1v) is 7.43. The molecule has 2 nitrogen and oxygen atoms in total. The number of rotatable bonds is 5. The number of hydrogen-bond donors (Lipinski definition) is 1. The molecule has 1 aromatic rings. The highest BCUT2D eigenvalue weighted by atomic mass is 32.1. The van der Waals surface area contributed by atoms with Crippen molar-refractivity contribution in [1.29, 1.82) is 0 Å². The second-order valence-electron chi connectivity index (χ2n) is 5.79. The second kappa shape index (κ2) is 4.69. The molecule has 0 aromatic carbocycles. The van der Waals surface area contributed by atoms with Gasteiger partial charge in [0.05, 0.1) is 10.7 Å². The molecule has 0 amide bonds. The molecule has 1 aromatic heterocycles. The molecule has 0 radical (unpaired) electrons. The smallest absolute Gasteiger partial charge is 0.0900 e. The van der Waals surface area contributed by atoms with Crippen LogP contribution in [0.1, 0.15) is 55.2 Å². The number of nitrogens with zero attached hydrogens (tertiary/aromatic N) is 1. The van der Waals surface area contributed by atoms with Crippen LogP contribution in [0.3, 0.4) is 0 Å². The number of hydrogen-bond acceptors (Lipinski definition) is 3. The van der Waals surface area contributed by atoms with Crippen molar-refractivity contribution < 1.29 is 0 Å². The first kappa shape index (κ1) is 13.0. The summed E-state index contributed by atoms with van der Waals surface area (Å²) in [5, 5.41) is 4.86. The van der Waals surface area contributed by atoms with Gasteiger partial charge in [0.15, 0.2) is 0 Å². The standard InChI is InChI=1S/C14H24N2S/c1-9(2)14(6-7-14)8-15-10(3)13-11(4)17-12(5)16-13/h9-10,15H,6-8H2,1-5H3. The van der Waals surface area contributed by atoms with Gasteiger partial charge in [0.25, 0.3) is 0 Å². The predicted molar refractivity (Wildman–Crippen MR) is 74.5 cm³/mol. The van der Waals surface area contributed by atoms with Crippen LogP contribution in [-0.2, 0) is 0 Å². The maximum absolute atomic E-state index is 4.63. The molecular weight excluding hydrogens is 228 g/mol. The summed E-state index contributed by atoms with van der Waals surface area (Å²) in [5.74, 6) is 0.792. The Kier molecular flexibility index (Phi) is 3.60. The zero-order valence-electron chi connectivity index (χ0n) is 11.6. The average molecular weight is 252 g/mol. The topological polar surface area (TPSA) is 24.9 Å². The Morgan fingerprint density at radius 3 is 2.35 bits per heavy atom. The van der Waals surface area contributed by atoms with Crippen LogP contribution in [-0.4, -0.2) is 11.5 Å². The van der Waals surface area contributed by atoms with E-state index in [1.807, 2.05) is 0 Å². The number of nitrogens with one attached hydrogen (secondary N) is 1. The minimum atomic E-state index is 0.385. The summed E-state index contributed by atoms with van der Waals surface area (Å²) in [6.45, 7) is 12.3. The lowest BCUT2D eigenvalue weighted by Crippen LogP contribution is -2.30. The Bertz CT molecular complexity index is 391. The van der Waals surface area contributed by atoms with Gasteiger partial charge in [-0.2, -0.15) is 0 Å². The van der Waals surface area contributed by atoms with E-state index in [0.29, 0.717) is 11.5 Å². The molecule has 0 spiro atoms. The van der Waals surface area contributed by atoms with Crippen LogP contribution in [0, 0.1) is 25.2 Å². The van der Waals surface area contributed by atoms with E-state index < -0.39 is 0 Å². The van der Waals surface area contributed by atoms with Crippen LogP contribution in [0.15, 0.2) is 0 Å². The van der Waals surface area contributed by atoms with Crippen molar-refractivity contribution in [1.82, 2.24) is 10.3 Å². The Morgan fingerprint density at radius 2 is 1.94 bits per heavy atom. The van der Waals surface area contributed by atoms with Gasteiger partial charge in [-0.3, -0.25) is 0 Å². The van der Waals surface area contributed by atoms with Gasteiger partial charge in [-0.25, -0.2) is 4.98 Å². The van der Waals surface area contributed by atoms with Gasteiger partial charge in [-0.05, 0) is 44.9 Å². The van der Waals surface area contributed by atoms with Crippen LogP contribution < -0.4 is 5.32 Å². The minimum Gasteiger partial charge on any atom is -0.308 e. The molecule has 1 unspecified atom stereocenters. The van der Waals surface area contributed by atoms with Gasteiger partial charge >= 0.3 is 0 Å². The molecule has 1 heterocycles. The average Bonchev–Trinajstić information content (AvgIpc) is 2.97. The number of aryl methyl sites for hydroxylation is 2. The van der Waals surface area contributed by atoms with E-state index in [9.17, 15) is 0 Å². The Hall–Kier alpha value is -0.410. The van der Waals surface area contributed by atoms with E-state index in [2.05, 4.69) is 44.9 Å². The van der Waals surface area contributed by atoms with E-state index in [1.54, 1.807) is 11.3 Å². The van der Waals surface area contributed by atoms with Gasteiger partial charge in [0.2, 0.25) is 0 Å². The van der Waals surface area contributed by atoms with Crippen molar-refractivity contribution in [3.8, 4) is 0 Å². The summed E-state index contributed by atoms with van der Waals surface area (Å²) in [6, 6.07) is 0.385. The zero-order chi connectivity index (χ0) is 12.6. The normalized spacial score (nSPS) is 19.6. The monoisotopic (exact) mass is 252 g/mol. The molecule has 1 atom stereocenters. The Labute approximate surface area is 109 Å². The van der Waals surface area contributed by atoms with Crippen LogP contribution in [0.25, 0.3) is 0 Å². The molecule has 0 bridgehead atoms. The number of thiazole rings is 1. The molecule has 1 aliphatic rings. The Morgan fingerprint density at radius 1 is 1.29 bits per heavy atom. The van der Waals surface area contributed by atoms with Gasteiger partial charge in [0, 0.05) is 17.5 Å². The van der Waals surface area contributed by atoms with Crippen molar-refractivity contribution in [2.45, 2.75) is 53.5 Å². The van der Waals surface area contributed by atoms with Crippen molar-refractivity contribution in [2.24, 2.45) is 11.3 Å². The van der Waals surface area contributed by atoms with Crippen molar-refractivity contribution in [2.75, 3.05) is 6.54 Å². The van der Waals surface area contributed by atoms with Gasteiger partial charge < -0.3 is 5.32 Å². The highest BCUT2D eigenvalue weighted by Crippen LogP contribution is 2.51. The number of aromatic nitrogens is 1. The lowest BCUT2D eigenvalue weighted by atomic mass is 9.92. The lowest BCUT2D eigenvalue weighted by molar-refractivity contribution is 0.324. The van der Waals surface area contributed by atoms with E-state index in [-0.39, 0.29) is 0 Å². The molecule has 1 fully saturated rings. The van der Waals surface area contributed by atoms with Gasteiger partial charge in [-0.15, -0.1) is 11.3 Å². The van der Waals surface area contributed by atoms with Crippen molar-refractivity contribution >= 4 is 11.3 Å². The van der Waals surface area contributed by atoms with Gasteiger partial charge in [-0.1, -0.05) is 13.8 Å². The molecule has 1 aliphatic carbocycles. The fourth-order valence-corrected chi connectivity index (χ4v) is 3.43. The van der Waals surface area contributed by atoms with E-state index in [0.717, 1.165) is 12.5 Å². The quantitative estimate of drug-likeness (QED) is 0.861. The third-order valence-electron chi connectivity index (χ3n) is 4.23. The highest BCUT2D eigenvalue weighted by Gasteiger charge is 2.45. The fourth-order valence-electron chi connectivity index (χ4n) is 2.52. The molecule has 17 heavy (non-hydrogen) atoms. The SMILES string of the molecule is Cc1nc(C(C)NCC2(C(C)C)CC2)c(C)s1. The molecule has 3 heteroatoms. The Balaban J connectivity index is 1.94. The molecule has 1 N–H and O–H groups in total. The summed E-state index contributed by atoms with van der Waals surface area (Å²) in [6.07, 6.45) is 2.78. The van der Waals surface area contributed by atoms with Crippen molar-refractivity contribution in [3.63, 3.8) is 0 Å². The highest BCUT2D eigenvalue weighted by molar-refractivity contribution is 7.11. The van der Waals surface area contributed by atoms with E-state index in [1.165, 1.54) is 28.4 Å². The third-order valence-corrected chi connectivity index (χ3v) is 5.13. The zero-order valence-corrected chi connectivity index (χ0v) is 12.4. The van der Waals surface area contributed by atoms with E-state index in [4.69, 9.17) is 0 Å². The van der Waals surface area contributed by atoms with E-state index >= 15 is 0 Å². The molecule has 96 valence electrons. The lowest BCUT2D eigenvalue weighted by Gasteiger charge is -2.22. The minimum absolute atomic E-state index is 0.385. The fraction of sp³-hybridized carbons (Fsp3) is 0.786. The summed E-state index contributed by atoms with van der Waals surface area (Å²) >= 11 is 1.80. The summed E-state index contributed by atoms with van der Waals surface area (Å²) in [5.41, 5.74) is 1.82. The summed E-state index contributed by atoms with van der Waals surface area (Å²) < 4.78 is 0. The van der Waals surface area contributed by atoms with Crippen molar-refractivity contribution in [3.05, 3.63) is 15.6 Å². The van der Waals surface area contributed by atoms with Crippen LogP contribution in [0.2, 0.25) is 0 Å². The van der Waals surface area contributed by atoms with Crippen LogP contribution >= 0.6 is 11.3 Å². The summed E-state index contributed by atoms with van der Waals surface area (Å²) in [4.78, 5) is 5.99. The molecule has 1 saturated carbocycles. The largest absolute Gasteiger partial charge is 0.308 e. The third kappa shape index (κ3) is 2.71. The first-order valence-electron chi connectivity index (χ1n) is 6.62. The molecular formula is C14H24N2S.